The Morgan fingerprint density at radius 1 is 1.37 bits per heavy atom. The van der Waals surface area contributed by atoms with Gasteiger partial charge in [-0.25, -0.2) is 4.68 Å². The first-order valence-electron chi connectivity index (χ1n) is 6.55. The summed E-state index contributed by atoms with van der Waals surface area (Å²) in [7, 11) is -1.76. The third kappa shape index (κ3) is 2.13. The number of benzene rings is 1. The van der Waals surface area contributed by atoms with Crippen molar-refractivity contribution in [3.8, 4) is 0 Å². The molecule has 19 heavy (non-hydrogen) atoms. The van der Waals surface area contributed by atoms with Crippen molar-refractivity contribution in [2.45, 2.75) is 31.9 Å². The zero-order valence-electron chi connectivity index (χ0n) is 12.1. The molecule has 0 aliphatic carbocycles. The van der Waals surface area contributed by atoms with E-state index in [1.165, 1.54) is 0 Å². The van der Waals surface area contributed by atoms with E-state index in [0.29, 0.717) is 6.61 Å². The van der Waals surface area contributed by atoms with Gasteiger partial charge in [0.2, 0.25) is 0 Å². The van der Waals surface area contributed by atoms with Crippen LogP contribution in [-0.4, -0.2) is 29.7 Å². The summed E-state index contributed by atoms with van der Waals surface area (Å²) in [5.74, 6) is 0. The highest BCUT2D eigenvalue weighted by Gasteiger charge is 2.45. The minimum absolute atomic E-state index is 0.572. The Kier molecular flexibility index (Phi) is 3.60. The van der Waals surface area contributed by atoms with Crippen LogP contribution in [-0.2, 0) is 10.1 Å². The van der Waals surface area contributed by atoms with Crippen LogP contribution in [0.3, 0.4) is 0 Å². The first-order valence-corrected chi connectivity index (χ1v) is 10.0. The van der Waals surface area contributed by atoms with Crippen LogP contribution in [0, 0.1) is 0 Å². The fraction of sp³-hybridized carbons (Fsp3) is 0.429. The molecule has 0 saturated carbocycles. The van der Waals surface area contributed by atoms with Crippen molar-refractivity contribution >= 4 is 19.1 Å². The maximum atomic E-state index is 6.10. The maximum Gasteiger partial charge on any atom is 0.164 e. The van der Waals surface area contributed by atoms with Gasteiger partial charge in [-0.15, -0.1) is 5.10 Å². The molecule has 2 aromatic rings. The molecule has 2 rings (SSSR count). The van der Waals surface area contributed by atoms with Crippen LogP contribution in [0.4, 0.5) is 0 Å². The Morgan fingerprint density at radius 3 is 2.63 bits per heavy atom. The van der Waals surface area contributed by atoms with E-state index in [0.717, 1.165) is 11.0 Å². The molecular weight excluding hydrogens is 254 g/mol. The molecule has 0 radical (unpaired) electrons. The summed E-state index contributed by atoms with van der Waals surface area (Å²) in [6.45, 7) is 13.4. The lowest BCUT2D eigenvalue weighted by Crippen LogP contribution is -2.55. The Bertz CT molecular complexity index is 588. The van der Waals surface area contributed by atoms with E-state index in [9.17, 15) is 0 Å². The Morgan fingerprint density at radius 2 is 2.05 bits per heavy atom. The summed E-state index contributed by atoms with van der Waals surface area (Å²) in [6.07, 6.45) is 1.88. The smallest absolute Gasteiger partial charge is 0.164 e. The number of fused-ring (bicyclic) bond motifs is 1. The fourth-order valence-electron chi connectivity index (χ4n) is 2.38. The van der Waals surface area contributed by atoms with E-state index in [4.69, 9.17) is 4.74 Å². The second kappa shape index (κ2) is 4.90. The average Bonchev–Trinajstić information content (AvgIpc) is 2.78. The highest BCUT2D eigenvalue weighted by atomic mass is 28.3. The second-order valence-electron chi connectivity index (χ2n) is 5.57. The molecule has 1 heterocycles. The average molecular weight is 275 g/mol. The topological polar surface area (TPSA) is 39.9 Å². The Balaban J connectivity index is 2.71. The quantitative estimate of drug-likeness (QED) is 0.621. The molecule has 0 N–H and O–H groups in total. The third-order valence-corrected chi connectivity index (χ3v) is 6.09. The SMILES string of the molecule is C=CC(OCC)(n1nnc2ccccc21)[Si](C)(C)C. The van der Waals surface area contributed by atoms with E-state index in [1.54, 1.807) is 0 Å². The van der Waals surface area contributed by atoms with Gasteiger partial charge in [0.15, 0.2) is 5.35 Å². The van der Waals surface area contributed by atoms with Gasteiger partial charge in [-0.05, 0) is 25.1 Å². The summed E-state index contributed by atoms with van der Waals surface area (Å²) in [5.41, 5.74) is 1.87. The van der Waals surface area contributed by atoms with Crippen molar-refractivity contribution in [2.75, 3.05) is 6.61 Å². The molecule has 0 saturated heterocycles. The number of hydrogen-bond donors (Lipinski definition) is 0. The van der Waals surface area contributed by atoms with Gasteiger partial charge in [-0.2, -0.15) is 0 Å². The molecule has 0 aliphatic rings. The molecular formula is C14H21N3OSi. The molecule has 0 aliphatic heterocycles. The molecule has 0 amide bonds. The molecule has 4 nitrogen and oxygen atoms in total. The standard InChI is InChI=1S/C14H21N3OSi/c1-6-14(18-7-2,19(3,4)5)17-13-11-9-8-10-12(13)15-16-17/h6,8-11H,1,7H2,2-5H3. The second-order valence-corrected chi connectivity index (χ2v) is 10.8. The van der Waals surface area contributed by atoms with Gasteiger partial charge in [0.25, 0.3) is 0 Å². The normalized spacial score (nSPS) is 15.4. The maximum absolute atomic E-state index is 6.10. The van der Waals surface area contributed by atoms with Crippen molar-refractivity contribution in [1.82, 2.24) is 15.0 Å². The molecule has 0 fully saturated rings. The van der Waals surface area contributed by atoms with Gasteiger partial charge >= 0.3 is 0 Å². The molecule has 1 aromatic heterocycles. The summed E-state index contributed by atoms with van der Waals surface area (Å²) < 4.78 is 7.99. The summed E-state index contributed by atoms with van der Waals surface area (Å²) in [5, 5.41) is 7.99. The number of aromatic nitrogens is 3. The van der Waals surface area contributed by atoms with Crippen molar-refractivity contribution < 1.29 is 4.74 Å². The summed E-state index contributed by atoms with van der Waals surface area (Å²) >= 11 is 0. The van der Waals surface area contributed by atoms with E-state index in [2.05, 4.69) is 36.5 Å². The third-order valence-electron chi connectivity index (χ3n) is 3.38. The first kappa shape index (κ1) is 14.0. The van der Waals surface area contributed by atoms with Crippen molar-refractivity contribution in [1.29, 1.82) is 0 Å². The predicted octanol–water partition coefficient (Wildman–Crippen LogP) is 3.18. The van der Waals surface area contributed by atoms with Crippen molar-refractivity contribution in [3.05, 3.63) is 36.9 Å². The number of hydrogen-bond acceptors (Lipinski definition) is 3. The molecule has 1 unspecified atom stereocenters. The fourth-order valence-corrected chi connectivity index (χ4v) is 4.37. The number of rotatable bonds is 5. The van der Waals surface area contributed by atoms with Crippen molar-refractivity contribution in [2.24, 2.45) is 0 Å². The number of ether oxygens (including phenoxy) is 1. The molecule has 5 heteroatoms. The molecule has 1 atom stereocenters. The zero-order chi connectivity index (χ0) is 14.1. The molecule has 102 valence electrons. The minimum Gasteiger partial charge on any atom is -0.354 e. The first-order chi connectivity index (χ1) is 8.96. The lowest BCUT2D eigenvalue weighted by atomic mass is 10.3. The lowest BCUT2D eigenvalue weighted by molar-refractivity contribution is -0.00900. The van der Waals surface area contributed by atoms with Crippen LogP contribution in [0.2, 0.25) is 19.6 Å². The molecule has 0 spiro atoms. The van der Waals surface area contributed by atoms with E-state index < -0.39 is 13.4 Å². The number of nitrogens with zero attached hydrogens (tertiary/aromatic N) is 3. The van der Waals surface area contributed by atoms with Crippen LogP contribution in [0.15, 0.2) is 36.9 Å². The Hall–Kier alpha value is -1.46. The van der Waals surface area contributed by atoms with E-state index in [1.807, 2.05) is 41.9 Å². The van der Waals surface area contributed by atoms with Gasteiger partial charge in [0, 0.05) is 6.61 Å². The summed E-state index contributed by atoms with van der Waals surface area (Å²) in [4.78, 5) is 0. The van der Waals surface area contributed by atoms with Gasteiger partial charge < -0.3 is 4.74 Å². The lowest BCUT2D eigenvalue weighted by Gasteiger charge is -2.40. The highest BCUT2D eigenvalue weighted by molar-refractivity contribution is 6.78. The monoisotopic (exact) mass is 275 g/mol. The van der Waals surface area contributed by atoms with Crippen LogP contribution >= 0.6 is 0 Å². The van der Waals surface area contributed by atoms with Gasteiger partial charge in [-0.3, -0.25) is 0 Å². The van der Waals surface area contributed by atoms with E-state index in [-0.39, 0.29) is 0 Å². The van der Waals surface area contributed by atoms with Gasteiger partial charge in [0.1, 0.15) is 13.6 Å². The molecule has 0 bridgehead atoms. The largest absolute Gasteiger partial charge is 0.354 e. The van der Waals surface area contributed by atoms with Crippen LogP contribution in [0.5, 0.6) is 0 Å². The molecule has 1 aromatic carbocycles. The zero-order valence-corrected chi connectivity index (χ0v) is 13.1. The van der Waals surface area contributed by atoms with Crippen LogP contribution in [0.25, 0.3) is 11.0 Å². The van der Waals surface area contributed by atoms with E-state index >= 15 is 0 Å². The highest BCUT2D eigenvalue weighted by Crippen LogP contribution is 2.33. The minimum atomic E-state index is -1.76. The van der Waals surface area contributed by atoms with Gasteiger partial charge in [-0.1, -0.05) is 43.6 Å². The van der Waals surface area contributed by atoms with Crippen LogP contribution in [0.1, 0.15) is 6.92 Å². The predicted molar refractivity (Wildman–Crippen MR) is 80.7 cm³/mol. The van der Waals surface area contributed by atoms with Crippen LogP contribution < -0.4 is 0 Å². The number of para-hydroxylation sites is 1. The van der Waals surface area contributed by atoms with Crippen molar-refractivity contribution in [3.63, 3.8) is 0 Å². The Labute approximate surface area is 115 Å². The summed E-state index contributed by atoms with van der Waals surface area (Å²) in [6, 6.07) is 7.94. The van der Waals surface area contributed by atoms with Gasteiger partial charge in [0.05, 0.1) is 5.52 Å².